The zero-order chi connectivity index (χ0) is 11.5. The Balaban J connectivity index is 1.98. The lowest BCUT2D eigenvalue weighted by atomic mass is 10.0. The summed E-state index contributed by atoms with van der Waals surface area (Å²) in [4.78, 5) is 0. The minimum absolute atomic E-state index is 0.549. The van der Waals surface area contributed by atoms with E-state index in [2.05, 4.69) is 31.3 Å². The molecule has 84 valence electrons. The molecule has 2 atom stereocenters. The van der Waals surface area contributed by atoms with Crippen molar-refractivity contribution < 1.29 is 0 Å². The van der Waals surface area contributed by atoms with Gasteiger partial charge in [0.2, 0.25) is 0 Å². The lowest BCUT2D eigenvalue weighted by Gasteiger charge is -2.07. The monoisotopic (exact) mass is 214 g/mol. The zero-order valence-electron chi connectivity index (χ0n) is 9.90. The van der Waals surface area contributed by atoms with Gasteiger partial charge in [-0.15, -0.1) is 0 Å². The first-order valence-electron chi connectivity index (χ1n) is 5.94. The van der Waals surface area contributed by atoms with E-state index in [9.17, 15) is 0 Å². The molecule has 1 aliphatic rings. The molecule has 1 fully saturated rings. The summed E-state index contributed by atoms with van der Waals surface area (Å²) in [7, 11) is 0. The minimum Gasteiger partial charge on any atom is -0.314 e. The number of nitriles is 1. The molecule has 0 saturated heterocycles. The standard InChI is InChI=1S/C14H18N2/c1-10(2)16-9-12-7-14(12)13-6-4-3-5-11(13)8-15/h3-6,10,12,14,16H,7,9H2,1-2H3. The molecule has 0 heterocycles. The van der Waals surface area contributed by atoms with Crippen molar-refractivity contribution in [3.63, 3.8) is 0 Å². The van der Waals surface area contributed by atoms with Crippen LogP contribution in [0.5, 0.6) is 0 Å². The van der Waals surface area contributed by atoms with E-state index in [1.165, 1.54) is 12.0 Å². The van der Waals surface area contributed by atoms with Crippen molar-refractivity contribution in [1.29, 1.82) is 5.26 Å². The second kappa shape index (κ2) is 4.67. The van der Waals surface area contributed by atoms with Crippen molar-refractivity contribution >= 4 is 0 Å². The molecule has 0 spiro atoms. The molecule has 1 aliphatic carbocycles. The predicted octanol–water partition coefficient (Wildman–Crippen LogP) is 2.66. The van der Waals surface area contributed by atoms with Crippen LogP contribution in [0.15, 0.2) is 24.3 Å². The van der Waals surface area contributed by atoms with Gasteiger partial charge in [-0.1, -0.05) is 32.0 Å². The van der Waals surface area contributed by atoms with E-state index in [0.29, 0.717) is 12.0 Å². The van der Waals surface area contributed by atoms with Crippen LogP contribution in [0.3, 0.4) is 0 Å². The van der Waals surface area contributed by atoms with Crippen LogP contribution >= 0.6 is 0 Å². The van der Waals surface area contributed by atoms with E-state index in [0.717, 1.165) is 18.0 Å². The van der Waals surface area contributed by atoms with Gasteiger partial charge in [0.1, 0.15) is 0 Å². The predicted molar refractivity (Wildman–Crippen MR) is 65.1 cm³/mol. The topological polar surface area (TPSA) is 35.8 Å². The van der Waals surface area contributed by atoms with Gasteiger partial charge in [-0.05, 0) is 36.4 Å². The third-order valence-corrected chi connectivity index (χ3v) is 3.19. The Morgan fingerprint density at radius 2 is 2.19 bits per heavy atom. The lowest BCUT2D eigenvalue weighted by Crippen LogP contribution is -2.25. The van der Waals surface area contributed by atoms with E-state index < -0.39 is 0 Å². The molecule has 16 heavy (non-hydrogen) atoms. The highest BCUT2D eigenvalue weighted by Crippen LogP contribution is 2.47. The number of rotatable bonds is 4. The van der Waals surface area contributed by atoms with Crippen LogP contribution in [0.2, 0.25) is 0 Å². The van der Waals surface area contributed by atoms with Gasteiger partial charge in [0, 0.05) is 6.04 Å². The molecular weight excluding hydrogens is 196 g/mol. The van der Waals surface area contributed by atoms with Crippen LogP contribution in [0.1, 0.15) is 37.3 Å². The van der Waals surface area contributed by atoms with Crippen molar-refractivity contribution in [3.05, 3.63) is 35.4 Å². The van der Waals surface area contributed by atoms with Crippen LogP contribution in [-0.4, -0.2) is 12.6 Å². The van der Waals surface area contributed by atoms with Crippen molar-refractivity contribution in [2.24, 2.45) is 5.92 Å². The van der Waals surface area contributed by atoms with Crippen molar-refractivity contribution in [2.75, 3.05) is 6.54 Å². The van der Waals surface area contributed by atoms with Crippen LogP contribution in [0.4, 0.5) is 0 Å². The quantitative estimate of drug-likeness (QED) is 0.836. The Labute approximate surface area is 97.3 Å². The summed E-state index contributed by atoms with van der Waals surface area (Å²) in [5.41, 5.74) is 2.08. The van der Waals surface area contributed by atoms with Crippen molar-refractivity contribution in [2.45, 2.75) is 32.2 Å². The highest BCUT2D eigenvalue weighted by Gasteiger charge is 2.38. The number of hydrogen-bond donors (Lipinski definition) is 1. The van der Waals surface area contributed by atoms with E-state index >= 15 is 0 Å². The zero-order valence-corrected chi connectivity index (χ0v) is 9.90. The normalized spacial score (nSPS) is 23.1. The molecule has 0 radical (unpaired) electrons. The first-order valence-corrected chi connectivity index (χ1v) is 5.94. The van der Waals surface area contributed by atoms with Crippen molar-refractivity contribution in [3.8, 4) is 6.07 Å². The molecule has 0 amide bonds. The average Bonchev–Trinajstić information content (AvgIpc) is 3.05. The average molecular weight is 214 g/mol. The molecule has 1 saturated carbocycles. The van der Waals surface area contributed by atoms with E-state index in [1.807, 2.05) is 18.2 Å². The number of benzene rings is 1. The van der Waals surface area contributed by atoms with Gasteiger partial charge < -0.3 is 5.32 Å². The summed E-state index contributed by atoms with van der Waals surface area (Å²) in [5.74, 6) is 1.32. The Hall–Kier alpha value is -1.33. The summed E-state index contributed by atoms with van der Waals surface area (Å²) in [6.45, 7) is 5.41. The third-order valence-electron chi connectivity index (χ3n) is 3.19. The Bertz CT molecular complexity index is 403. The largest absolute Gasteiger partial charge is 0.314 e. The molecule has 1 N–H and O–H groups in total. The summed E-state index contributed by atoms with van der Waals surface area (Å²) < 4.78 is 0. The van der Waals surface area contributed by atoms with Gasteiger partial charge in [0.25, 0.3) is 0 Å². The van der Waals surface area contributed by atoms with E-state index in [4.69, 9.17) is 5.26 Å². The lowest BCUT2D eigenvalue weighted by molar-refractivity contribution is 0.554. The first-order chi connectivity index (χ1) is 7.72. The Morgan fingerprint density at radius 3 is 2.88 bits per heavy atom. The molecule has 1 aromatic carbocycles. The van der Waals surface area contributed by atoms with Gasteiger partial charge in [0.05, 0.1) is 11.6 Å². The molecule has 2 nitrogen and oxygen atoms in total. The second-order valence-electron chi connectivity index (χ2n) is 4.86. The number of nitrogens with one attached hydrogen (secondary N) is 1. The minimum atomic E-state index is 0.549. The highest BCUT2D eigenvalue weighted by molar-refractivity contribution is 5.42. The molecule has 2 rings (SSSR count). The SMILES string of the molecule is CC(C)NCC1CC1c1ccccc1C#N. The maximum absolute atomic E-state index is 9.03. The Kier molecular flexibility index (Phi) is 3.26. The smallest absolute Gasteiger partial charge is 0.0994 e. The second-order valence-corrected chi connectivity index (χ2v) is 4.86. The molecule has 0 aliphatic heterocycles. The third kappa shape index (κ3) is 2.43. The molecule has 2 unspecified atom stereocenters. The van der Waals surface area contributed by atoms with Gasteiger partial charge >= 0.3 is 0 Å². The van der Waals surface area contributed by atoms with Gasteiger partial charge in [-0.2, -0.15) is 5.26 Å². The van der Waals surface area contributed by atoms with Crippen LogP contribution in [0, 0.1) is 17.2 Å². The number of nitrogens with zero attached hydrogens (tertiary/aromatic N) is 1. The molecular formula is C14H18N2. The van der Waals surface area contributed by atoms with E-state index in [1.54, 1.807) is 0 Å². The fourth-order valence-corrected chi connectivity index (χ4v) is 2.16. The van der Waals surface area contributed by atoms with Gasteiger partial charge in [-0.3, -0.25) is 0 Å². The fourth-order valence-electron chi connectivity index (χ4n) is 2.16. The van der Waals surface area contributed by atoms with Crippen LogP contribution < -0.4 is 5.32 Å². The molecule has 0 aromatic heterocycles. The maximum atomic E-state index is 9.03. The first kappa shape index (κ1) is 11.2. The molecule has 0 bridgehead atoms. The summed E-state index contributed by atoms with van der Waals surface area (Å²) >= 11 is 0. The summed E-state index contributed by atoms with van der Waals surface area (Å²) in [6.07, 6.45) is 1.22. The summed E-state index contributed by atoms with van der Waals surface area (Å²) in [5, 5.41) is 12.5. The summed E-state index contributed by atoms with van der Waals surface area (Å²) in [6, 6.07) is 10.8. The van der Waals surface area contributed by atoms with Gasteiger partial charge in [0.15, 0.2) is 0 Å². The van der Waals surface area contributed by atoms with Gasteiger partial charge in [-0.25, -0.2) is 0 Å². The molecule has 1 aromatic rings. The Morgan fingerprint density at radius 1 is 1.44 bits per heavy atom. The van der Waals surface area contributed by atoms with Crippen molar-refractivity contribution in [1.82, 2.24) is 5.32 Å². The van der Waals surface area contributed by atoms with E-state index in [-0.39, 0.29) is 0 Å². The van der Waals surface area contributed by atoms with Crippen LogP contribution in [-0.2, 0) is 0 Å². The van der Waals surface area contributed by atoms with Crippen LogP contribution in [0.25, 0.3) is 0 Å². The maximum Gasteiger partial charge on any atom is 0.0994 e. The molecule has 2 heteroatoms. The highest BCUT2D eigenvalue weighted by atomic mass is 14.9. The number of hydrogen-bond acceptors (Lipinski definition) is 2. The fraction of sp³-hybridized carbons (Fsp3) is 0.500.